The maximum Gasteiger partial charge on any atom is 0.309 e. The second kappa shape index (κ2) is 4.96. The van der Waals surface area contributed by atoms with E-state index in [1.165, 1.54) is 12.1 Å². The molecule has 114 valence electrons. The lowest BCUT2D eigenvalue weighted by atomic mass is 9.82. The molecule has 2 aliphatic heterocycles. The van der Waals surface area contributed by atoms with E-state index in [9.17, 15) is 25.2 Å². The van der Waals surface area contributed by atoms with Gasteiger partial charge in [-0.15, -0.1) is 0 Å². The smallest absolute Gasteiger partial charge is 0.309 e. The first-order valence-electron chi connectivity index (χ1n) is 6.63. The molecule has 3 rings (SSSR count). The number of aromatic hydroxyl groups is 1. The number of phenolic OH excluding ortho intramolecular Hbond substituents is 1. The third-order valence-corrected chi connectivity index (χ3v) is 4.03. The number of aliphatic hydroxyl groups excluding tert-OH is 3. The van der Waals surface area contributed by atoms with Crippen molar-refractivity contribution in [3.05, 3.63) is 29.8 Å². The summed E-state index contributed by atoms with van der Waals surface area (Å²) in [5.74, 6) is -2.84. The second-order valence-corrected chi connectivity index (χ2v) is 5.36. The molecule has 0 saturated carbocycles. The number of rotatable bonds is 1. The molecule has 7 nitrogen and oxygen atoms in total. The summed E-state index contributed by atoms with van der Waals surface area (Å²) in [5.41, 5.74) is 0.626. The highest BCUT2D eigenvalue weighted by atomic mass is 16.7. The average molecular weight is 296 g/mol. The molecule has 2 aliphatic rings. The van der Waals surface area contributed by atoms with Gasteiger partial charge in [0.25, 0.3) is 0 Å². The fraction of sp³-hybridized carbons (Fsp3) is 0.500. The van der Waals surface area contributed by atoms with Gasteiger partial charge in [0.15, 0.2) is 0 Å². The topological polar surface area (TPSA) is 116 Å². The highest BCUT2D eigenvalue weighted by Gasteiger charge is 2.61. The molecule has 0 aromatic heterocycles. The largest absolute Gasteiger partial charge is 0.508 e. The Labute approximate surface area is 120 Å². The van der Waals surface area contributed by atoms with Gasteiger partial charge >= 0.3 is 5.97 Å². The number of benzene rings is 1. The lowest BCUT2D eigenvalue weighted by Gasteiger charge is -2.44. The van der Waals surface area contributed by atoms with Gasteiger partial charge in [0.05, 0.1) is 18.9 Å². The number of carbonyl (C=O) groups excluding carboxylic acids is 1. The Balaban J connectivity index is 1.99. The fourth-order valence-electron chi connectivity index (χ4n) is 2.90. The molecule has 1 spiro atoms. The van der Waals surface area contributed by atoms with Gasteiger partial charge in [0, 0.05) is 0 Å². The number of aliphatic hydroxyl groups is 3. The van der Waals surface area contributed by atoms with Gasteiger partial charge < -0.3 is 29.9 Å². The molecular weight excluding hydrogens is 280 g/mol. The van der Waals surface area contributed by atoms with E-state index in [1.807, 2.05) is 0 Å². The van der Waals surface area contributed by atoms with Crippen LogP contribution in [-0.2, 0) is 14.3 Å². The summed E-state index contributed by atoms with van der Waals surface area (Å²) in [6, 6.07) is 6.09. The Morgan fingerprint density at radius 2 is 1.81 bits per heavy atom. The van der Waals surface area contributed by atoms with E-state index < -0.39 is 36.0 Å². The zero-order valence-electron chi connectivity index (χ0n) is 11.0. The van der Waals surface area contributed by atoms with Gasteiger partial charge in [0.2, 0.25) is 5.79 Å². The predicted molar refractivity (Wildman–Crippen MR) is 68.3 cm³/mol. The first kappa shape index (κ1) is 14.3. The van der Waals surface area contributed by atoms with Crippen LogP contribution in [-0.4, -0.2) is 57.1 Å². The maximum atomic E-state index is 11.7. The van der Waals surface area contributed by atoms with Crippen LogP contribution in [0.2, 0.25) is 0 Å². The molecule has 2 saturated heterocycles. The van der Waals surface area contributed by atoms with Gasteiger partial charge in [-0.25, -0.2) is 0 Å². The zero-order valence-corrected chi connectivity index (χ0v) is 11.0. The minimum atomic E-state index is -1.72. The molecule has 0 bridgehead atoms. The molecule has 0 radical (unpaired) electrons. The maximum absolute atomic E-state index is 11.7. The van der Waals surface area contributed by atoms with Crippen LogP contribution in [0.1, 0.15) is 17.9 Å². The van der Waals surface area contributed by atoms with Crippen molar-refractivity contribution < 1.29 is 34.7 Å². The second-order valence-electron chi connectivity index (χ2n) is 5.36. The molecule has 2 fully saturated rings. The molecule has 2 heterocycles. The Hall–Kier alpha value is -1.67. The minimum absolute atomic E-state index is 0.0232. The Bertz CT molecular complexity index is 543. The van der Waals surface area contributed by atoms with Crippen molar-refractivity contribution in [2.75, 3.05) is 6.61 Å². The van der Waals surface area contributed by atoms with Gasteiger partial charge in [-0.05, 0) is 17.7 Å². The number of ether oxygens (including phenoxy) is 2. The van der Waals surface area contributed by atoms with Crippen molar-refractivity contribution >= 4 is 5.97 Å². The predicted octanol–water partition coefficient (Wildman–Crippen LogP) is -0.768. The van der Waals surface area contributed by atoms with Crippen molar-refractivity contribution in [1.29, 1.82) is 0 Å². The van der Waals surface area contributed by atoms with Gasteiger partial charge in [0.1, 0.15) is 24.1 Å². The van der Waals surface area contributed by atoms with Crippen LogP contribution in [0.25, 0.3) is 0 Å². The summed E-state index contributed by atoms with van der Waals surface area (Å²) < 4.78 is 10.6. The molecule has 4 N–H and O–H groups in total. The first-order valence-corrected chi connectivity index (χ1v) is 6.63. The van der Waals surface area contributed by atoms with E-state index in [1.54, 1.807) is 12.1 Å². The quantitative estimate of drug-likeness (QED) is 0.503. The van der Waals surface area contributed by atoms with Crippen molar-refractivity contribution in [2.24, 2.45) is 0 Å². The molecule has 0 unspecified atom stereocenters. The molecule has 1 aromatic rings. The normalized spacial score (nSPS) is 39.5. The third-order valence-electron chi connectivity index (χ3n) is 4.03. The third kappa shape index (κ3) is 2.18. The van der Waals surface area contributed by atoms with Gasteiger partial charge in [-0.2, -0.15) is 0 Å². The lowest BCUT2D eigenvalue weighted by Crippen LogP contribution is -2.62. The average Bonchev–Trinajstić information content (AvgIpc) is 2.80. The monoisotopic (exact) mass is 296 g/mol. The number of phenols is 1. The van der Waals surface area contributed by atoms with E-state index in [-0.39, 0.29) is 18.8 Å². The van der Waals surface area contributed by atoms with Crippen LogP contribution in [0, 0.1) is 0 Å². The summed E-state index contributed by atoms with van der Waals surface area (Å²) in [7, 11) is 0. The SMILES string of the molecule is O=C1C[C@@H](c2ccc(O)cc2)[C@]2(OC[C@H](O)[C@@H](O)[C@@H]2O)O1. The summed E-state index contributed by atoms with van der Waals surface area (Å²) in [5, 5.41) is 39.0. The van der Waals surface area contributed by atoms with Crippen molar-refractivity contribution in [3.63, 3.8) is 0 Å². The van der Waals surface area contributed by atoms with E-state index in [0.29, 0.717) is 5.56 Å². The van der Waals surface area contributed by atoms with E-state index in [4.69, 9.17) is 9.47 Å². The Morgan fingerprint density at radius 3 is 2.48 bits per heavy atom. The van der Waals surface area contributed by atoms with E-state index in [0.717, 1.165) is 0 Å². The van der Waals surface area contributed by atoms with Crippen molar-refractivity contribution in [2.45, 2.75) is 36.4 Å². The highest BCUT2D eigenvalue weighted by molar-refractivity contribution is 5.74. The summed E-state index contributed by atoms with van der Waals surface area (Å²) in [6.45, 7) is -0.250. The molecule has 0 aliphatic carbocycles. The first-order chi connectivity index (χ1) is 9.94. The number of hydrogen-bond donors (Lipinski definition) is 4. The van der Waals surface area contributed by atoms with Crippen LogP contribution < -0.4 is 0 Å². The molecular formula is C14H16O7. The molecule has 7 heteroatoms. The van der Waals surface area contributed by atoms with E-state index >= 15 is 0 Å². The van der Waals surface area contributed by atoms with E-state index in [2.05, 4.69) is 0 Å². The summed E-state index contributed by atoms with van der Waals surface area (Å²) in [4.78, 5) is 11.7. The van der Waals surface area contributed by atoms with Crippen molar-refractivity contribution in [3.8, 4) is 5.75 Å². The van der Waals surface area contributed by atoms with Crippen LogP contribution in [0.15, 0.2) is 24.3 Å². The van der Waals surface area contributed by atoms with Crippen molar-refractivity contribution in [1.82, 2.24) is 0 Å². The summed E-state index contributed by atoms with van der Waals surface area (Å²) in [6.07, 6.45) is -4.30. The van der Waals surface area contributed by atoms with Crippen LogP contribution in [0.3, 0.4) is 0 Å². The van der Waals surface area contributed by atoms with Gasteiger partial charge in [-0.1, -0.05) is 12.1 Å². The lowest BCUT2D eigenvalue weighted by molar-refractivity contribution is -0.320. The highest BCUT2D eigenvalue weighted by Crippen LogP contribution is 2.47. The van der Waals surface area contributed by atoms with Crippen LogP contribution in [0.4, 0.5) is 0 Å². The standard InChI is InChI=1S/C14H16O7/c15-8-3-1-7(2-4-8)9-5-11(17)21-14(9)13(19)12(18)10(16)6-20-14/h1-4,9-10,12-13,15-16,18-19H,5-6H2/t9-,10-,12+,13-,14-/m0/s1. The van der Waals surface area contributed by atoms with Gasteiger partial charge in [-0.3, -0.25) is 4.79 Å². The molecule has 0 amide bonds. The fourth-order valence-corrected chi connectivity index (χ4v) is 2.90. The Morgan fingerprint density at radius 1 is 1.14 bits per heavy atom. The molecule has 1 aromatic carbocycles. The van der Waals surface area contributed by atoms with Crippen LogP contribution >= 0.6 is 0 Å². The minimum Gasteiger partial charge on any atom is -0.508 e. The molecule has 21 heavy (non-hydrogen) atoms. The number of esters is 1. The Kier molecular flexibility index (Phi) is 3.37. The number of carbonyl (C=O) groups is 1. The van der Waals surface area contributed by atoms with Crippen LogP contribution in [0.5, 0.6) is 5.75 Å². The number of hydrogen-bond acceptors (Lipinski definition) is 7. The molecule has 5 atom stereocenters. The summed E-state index contributed by atoms with van der Waals surface area (Å²) >= 11 is 0. The zero-order chi connectivity index (χ0) is 15.2.